The van der Waals surface area contributed by atoms with Crippen LogP contribution >= 0.6 is 0 Å². The van der Waals surface area contributed by atoms with E-state index in [2.05, 4.69) is 5.32 Å². The highest BCUT2D eigenvalue weighted by molar-refractivity contribution is 5.87. The second-order valence-electron chi connectivity index (χ2n) is 3.89. The van der Waals surface area contributed by atoms with E-state index in [9.17, 15) is 9.18 Å². The predicted octanol–water partition coefficient (Wildman–Crippen LogP) is 2.45. The first-order valence-corrected chi connectivity index (χ1v) is 5.25. The number of carbonyl (C=O) groups excluding carboxylic acids is 1. The predicted molar refractivity (Wildman–Crippen MR) is 62.5 cm³/mol. The smallest absolute Gasteiger partial charge is 0.243 e. The number of hydrogen-bond acceptors (Lipinski definition) is 1. The van der Waals surface area contributed by atoms with Crippen molar-refractivity contribution in [1.29, 1.82) is 0 Å². The number of halogens is 1. The normalized spacial score (nSPS) is 9.69. The van der Waals surface area contributed by atoms with Crippen LogP contribution in [0.4, 0.5) is 4.39 Å². The van der Waals surface area contributed by atoms with Gasteiger partial charge in [0.05, 0.1) is 0 Å². The third-order valence-corrected chi connectivity index (χ3v) is 2.05. The molecule has 0 fully saturated rings. The lowest BCUT2D eigenvalue weighted by Crippen LogP contribution is -2.23. The zero-order valence-electron chi connectivity index (χ0n) is 9.59. The van der Waals surface area contributed by atoms with Crippen molar-refractivity contribution < 1.29 is 9.18 Å². The molecule has 0 saturated carbocycles. The van der Waals surface area contributed by atoms with E-state index in [0.717, 1.165) is 11.1 Å². The van der Waals surface area contributed by atoms with Gasteiger partial charge in [-0.1, -0.05) is 17.7 Å². The molecule has 3 heteroatoms. The molecule has 16 heavy (non-hydrogen) atoms. The second kappa shape index (κ2) is 6.05. The van der Waals surface area contributed by atoms with Gasteiger partial charge in [-0.15, -0.1) is 0 Å². The van der Waals surface area contributed by atoms with E-state index in [-0.39, 0.29) is 11.7 Å². The second-order valence-corrected chi connectivity index (χ2v) is 3.89. The first-order valence-electron chi connectivity index (χ1n) is 5.25. The Balaban J connectivity index is 2.33. The van der Waals surface area contributed by atoms with Crippen LogP contribution in [0.2, 0.25) is 0 Å². The van der Waals surface area contributed by atoms with Gasteiger partial charge in [0, 0.05) is 12.6 Å². The van der Waals surface area contributed by atoms with Crippen molar-refractivity contribution >= 4 is 5.91 Å². The number of benzene rings is 1. The minimum absolute atomic E-state index is 0.0814. The minimum atomic E-state index is -0.239. The average molecular weight is 221 g/mol. The third-order valence-electron chi connectivity index (χ3n) is 2.05. The van der Waals surface area contributed by atoms with Crippen molar-refractivity contribution in [3.63, 3.8) is 0 Å². The van der Waals surface area contributed by atoms with Gasteiger partial charge in [0.2, 0.25) is 5.91 Å². The summed E-state index contributed by atoms with van der Waals surface area (Å²) in [6.07, 6.45) is 2.27. The lowest BCUT2D eigenvalue weighted by molar-refractivity contribution is -0.116. The number of amides is 1. The first kappa shape index (κ1) is 12.4. The van der Waals surface area contributed by atoms with Gasteiger partial charge in [-0.2, -0.15) is 0 Å². The Morgan fingerprint density at radius 2 is 1.94 bits per heavy atom. The molecule has 1 aromatic carbocycles. The van der Waals surface area contributed by atoms with Gasteiger partial charge < -0.3 is 5.32 Å². The Kier molecular flexibility index (Phi) is 4.70. The Bertz CT molecular complexity index is 377. The zero-order chi connectivity index (χ0) is 12.0. The van der Waals surface area contributed by atoms with E-state index in [0.29, 0.717) is 13.0 Å². The van der Waals surface area contributed by atoms with Crippen LogP contribution in [0, 0.1) is 5.82 Å². The maximum absolute atomic E-state index is 12.6. The van der Waals surface area contributed by atoms with Crippen molar-refractivity contribution in [3.8, 4) is 0 Å². The Hall–Kier alpha value is -1.64. The number of carbonyl (C=O) groups is 1. The van der Waals surface area contributed by atoms with Gasteiger partial charge in [-0.05, 0) is 38.0 Å². The summed E-state index contributed by atoms with van der Waals surface area (Å²) >= 11 is 0. The van der Waals surface area contributed by atoms with Crippen molar-refractivity contribution in [1.82, 2.24) is 5.32 Å². The van der Waals surface area contributed by atoms with Crippen LogP contribution in [0.5, 0.6) is 0 Å². The van der Waals surface area contributed by atoms with Crippen molar-refractivity contribution in [3.05, 3.63) is 47.3 Å². The van der Waals surface area contributed by atoms with Crippen LogP contribution in [0.25, 0.3) is 0 Å². The average Bonchev–Trinajstić information content (AvgIpc) is 2.20. The summed E-state index contributed by atoms with van der Waals surface area (Å²) in [5, 5.41) is 2.77. The monoisotopic (exact) mass is 221 g/mol. The van der Waals surface area contributed by atoms with Crippen LogP contribution in [0.15, 0.2) is 35.9 Å². The van der Waals surface area contributed by atoms with Gasteiger partial charge in [-0.25, -0.2) is 4.39 Å². The van der Waals surface area contributed by atoms with Crippen LogP contribution in [-0.4, -0.2) is 12.5 Å². The first-order chi connectivity index (χ1) is 7.58. The number of allylic oxidation sites excluding steroid dienone is 1. The molecule has 0 bridgehead atoms. The summed E-state index contributed by atoms with van der Waals surface area (Å²) in [4.78, 5) is 11.3. The molecule has 0 aliphatic carbocycles. The van der Waals surface area contributed by atoms with Crippen molar-refractivity contribution in [2.24, 2.45) is 0 Å². The molecule has 0 atom stereocenters. The molecule has 1 aromatic rings. The van der Waals surface area contributed by atoms with Crippen LogP contribution < -0.4 is 5.32 Å². The van der Waals surface area contributed by atoms with Gasteiger partial charge in [-0.3, -0.25) is 4.79 Å². The fraction of sp³-hybridized carbons (Fsp3) is 0.308. The molecule has 0 radical (unpaired) electrons. The van der Waals surface area contributed by atoms with E-state index in [1.807, 2.05) is 13.8 Å². The molecule has 0 saturated heterocycles. The van der Waals surface area contributed by atoms with E-state index in [1.165, 1.54) is 12.1 Å². The molecule has 86 valence electrons. The van der Waals surface area contributed by atoms with Crippen molar-refractivity contribution in [2.75, 3.05) is 6.54 Å². The van der Waals surface area contributed by atoms with Gasteiger partial charge >= 0.3 is 0 Å². The summed E-state index contributed by atoms with van der Waals surface area (Å²) in [6.45, 7) is 4.31. The lowest BCUT2D eigenvalue weighted by Gasteiger charge is -2.03. The fourth-order valence-corrected chi connectivity index (χ4v) is 1.29. The molecule has 0 aliphatic rings. The lowest BCUT2D eigenvalue weighted by atomic mass is 10.1. The van der Waals surface area contributed by atoms with Crippen LogP contribution in [0.1, 0.15) is 19.4 Å². The molecule has 0 heterocycles. The minimum Gasteiger partial charge on any atom is -0.352 e. The molecule has 1 rings (SSSR count). The van der Waals surface area contributed by atoms with Crippen LogP contribution in [0.3, 0.4) is 0 Å². The Morgan fingerprint density at radius 3 is 2.50 bits per heavy atom. The largest absolute Gasteiger partial charge is 0.352 e. The maximum atomic E-state index is 12.6. The van der Waals surface area contributed by atoms with E-state index in [4.69, 9.17) is 0 Å². The molecule has 0 unspecified atom stereocenters. The molecule has 0 aromatic heterocycles. The molecule has 0 spiro atoms. The highest BCUT2D eigenvalue weighted by Gasteiger charge is 1.97. The fourth-order valence-electron chi connectivity index (χ4n) is 1.29. The third kappa shape index (κ3) is 4.73. The number of hydrogen-bond donors (Lipinski definition) is 1. The van der Waals surface area contributed by atoms with E-state index in [1.54, 1.807) is 18.2 Å². The van der Waals surface area contributed by atoms with Gasteiger partial charge in [0.15, 0.2) is 0 Å². The quantitative estimate of drug-likeness (QED) is 0.777. The Labute approximate surface area is 95.2 Å². The Morgan fingerprint density at radius 1 is 1.31 bits per heavy atom. The van der Waals surface area contributed by atoms with Crippen molar-refractivity contribution in [2.45, 2.75) is 20.3 Å². The molecule has 0 aliphatic heterocycles. The topological polar surface area (TPSA) is 29.1 Å². The standard InChI is InChI=1S/C13H16FNO/c1-10(2)9-13(16)15-8-7-11-3-5-12(14)6-4-11/h3-6,9H,7-8H2,1-2H3,(H,15,16). The number of rotatable bonds is 4. The summed E-state index contributed by atoms with van der Waals surface area (Å²) in [5.41, 5.74) is 1.98. The summed E-state index contributed by atoms with van der Waals surface area (Å²) in [5.74, 6) is -0.320. The highest BCUT2D eigenvalue weighted by atomic mass is 19.1. The summed E-state index contributed by atoms with van der Waals surface area (Å²) in [7, 11) is 0. The highest BCUT2D eigenvalue weighted by Crippen LogP contribution is 2.02. The maximum Gasteiger partial charge on any atom is 0.243 e. The van der Waals surface area contributed by atoms with E-state index < -0.39 is 0 Å². The van der Waals surface area contributed by atoms with E-state index >= 15 is 0 Å². The number of nitrogens with one attached hydrogen (secondary N) is 1. The SMILES string of the molecule is CC(C)=CC(=O)NCCc1ccc(F)cc1. The summed E-state index contributed by atoms with van der Waals surface area (Å²) in [6, 6.07) is 6.30. The van der Waals surface area contributed by atoms with Gasteiger partial charge in [0.25, 0.3) is 0 Å². The molecular formula is C13H16FNO. The molecule has 2 nitrogen and oxygen atoms in total. The molecule has 1 amide bonds. The molecule has 1 N–H and O–H groups in total. The zero-order valence-corrected chi connectivity index (χ0v) is 9.59. The molecular weight excluding hydrogens is 205 g/mol. The van der Waals surface area contributed by atoms with Crippen LogP contribution in [-0.2, 0) is 11.2 Å². The summed E-state index contributed by atoms with van der Waals surface area (Å²) < 4.78 is 12.6. The van der Waals surface area contributed by atoms with Gasteiger partial charge in [0.1, 0.15) is 5.82 Å².